The minimum atomic E-state index is -1.50. The van der Waals surface area contributed by atoms with Crippen LogP contribution in [0.15, 0.2) is 53.4 Å². The molecule has 0 bridgehead atoms. The van der Waals surface area contributed by atoms with Crippen LogP contribution in [-0.4, -0.2) is 21.8 Å². The molecule has 1 atom stereocenters. The number of carbonyl (C=O) groups is 1. The first kappa shape index (κ1) is 15.4. The minimum Gasteiger partial charge on any atom is -0.480 e. The zero-order chi connectivity index (χ0) is 15.2. The number of aliphatic carboxylic acids is 1. The first-order valence-electron chi connectivity index (χ1n) is 6.66. The van der Waals surface area contributed by atoms with Gasteiger partial charge in [0.15, 0.2) is 0 Å². The molecule has 0 aliphatic rings. The highest BCUT2D eigenvalue weighted by Crippen LogP contribution is 2.21. The third-order valence-electron chi connectivity index (χ3n) is 3.12. The summed E-state index contributed by atoms with van der Waals surface area (Å²) in [7, 11) is -1.50. The topological polar surface area (TPSA) is 66.4 Å². The SMILES string of the molecule is CCc1ccc(-c2ccc(S(=O)NCC(=O)O)cc2)cc1. The van der Waals surface area contributed by atoms with Crippen LogP contribution in [0.25, 0.3) is 11.1 Å². The van der Waals surface area contributed by atoms with Crippen molar-refractivity contribution in [3.8, 4) is 11.1 Å². The van der Waals surface area contributed by atoms with Crippen LogP contribution >= 0.6 is 0 Å². The second kappa shape index (κ2) is 7.15. The number of rotatable bonds is 6. The summed E-state index contributed by atoms with van der Waals surface area (Å²) in [6.07, 6.45) is 1.01. The Morgan fingerprint density at radius 1 is 1.05 bits per heavy atom. The van der Waals surface area contributed by atoms with Gasteiger partial charge in [0.25, 0.3) is 0 Å². The van der Waals surface area contributed by atoms with Crippen molar-refractivity contribution in [3.63, 3.8) is 0 Å². The molecule has 2 aromatic rings. The first-order valence-corrected chi connectivity index (χ1v) is 7.81. The maximum absolute atomic E-state index is 11.8. The van der Waals surface area contributed by atoms with Gasteiger partial charge in [0, 0.05) is 0 Å². The second-order valence-electron chi connectivity index (χ2n) is 4.56. The minimum absolute atomic E-state index is 0.327. The Bertz CT molecular complexity index is 636. The lowest BCUT2D eigenvalue weighted by Gasteiger charge is -2.06. The maximum Gasteiger partial charge on any atom is 0.318 e. The summed E-state index contributed by atoms with van der Waals surface area (Å²) in [5, 5.41) is 8.55. The van der Waals surface area contributed by atoms with E-state index in [1.54, 1.807) is 12.1 Å². The zero-order valence-electron chi connectivity index (χ0n) is 11.7. The van der Waals surface area contributed by atoms with Crippen LogP contribution in [0.5, 0.6) is 0 Å². The van der Waals surface area contributed by atoms with Gasteiger partial charge in [-0.05, 0) is 35.2 Å². The number of hydrogen-bond donors (Lipinski definition) is 2. The van der Waals surface area contributed by atoms with E-state index >= 15 is 0 Å². The lowest BCUT2D eigenvalue weighted by molar-refractivity contribution is -0.135. The molecule has 2 N–H and O–H groups in total. The molecule has 21 heavy (non-hydrogen) atoms. The molecule has 0 saturated carbocycles. The zero-order valence-corrected chi connectivity index (χ0v) is 12.5. The van der Waals surface area contributed by atoms with Gasteiger partial charge in [-0.15, -0.1) is 0 Å². The van der Waals surface area contributed by atoms with E-state index < -0.39 is 17.0 Å². The molecule has 1 unspecified atom stereocenters. The standard InChI is InChI=1S/C16H17NO3S/c1-2-12-3-5-13(6-4-12)14-7-9-15(10-8-14)21(20)17-11-16(18)19/h3-10,17H,2,11H2,1H3,(H,18,19). The Kier molecular flexibility index (Phi) is 5.25. The molecule has 0 fully saturated rings. The van der Waals surface area contributed by atoms with Crippen LogP contribution in [0.2, 0.25) is 0 Å². The van der Waals surface area contributed by atoms with Gasteiger partial charge in [-0.3, -0.25) is 4.79 Å². The molecule has 2 aromatic carbocycles. The van der Waals surface area contributed by atoms with Gasteiger partial charge in [-0.1, -0.05) is 43.3 Å². The molecular formula is C16H17NO3S. The summed E-state index contributed by atoms with van der Waals surface area (Å²) in [6, 6.07) is 15.6. The summed E-state index contributed by atoms with van der Waals surface area (Å²) >= 11 is 0. The summed E-state index contributed by atoms with van der Waals surface area (Å²) in [5.74, 6) is -1.03. The molecule has 0 saturated heterocycles. The normalized spacial score (nSPS) is 12.0. The fraction of sp³-hybridized carbons (Fsp3) is 0.188. The molecule has 0 aromatic heterocycles. The molecule has 4 nitrogen and oxygen atoms in total. The third-order valence-corrected chi connectivity index (χ3v) is 4.23. The second-order valence-corrected chi connectivity index (χ2v) is 5.86. The van der Waals surface area contributed by atoms with E-state index in [1.165, 1.54) is 5.56 Å². The molecule has 5 heteroatoms. The molecule has 0 spiro atoms. The van der Waals surface area contributed by atoms with Crippen molar-refractivity contribution in [1.29, 1.82) is 0 Å². The third kappa shape index (κ3) is 4.24. The van der Waals surface area contributed by atoms with E-state index in [1.807, 2.05) is 12.1 Å². The lowest BCUT2D eigenvalue weighted by atomic mass is 10.0. The molecule has 0 heterocycles. The van der Waals surface area contributed by atoms with Crippen molar-refractivity contribution in [1.82, 2.24) is 4.72 Å². The monoisotopic (exact) mass is 303 g/mol. The van der Waals surface area contributed by atoms with E-state index in [0.29, 0.717) is 4.90 Å². The van der Waals surface area contributed by atoms with Crippen molar-refractivity contribution in [2.75, 3.05) is 6.54 Å². The summed E-state index contributed by atoms with van der Waals surface area (Å²) in [5.41, 5.74) is 3.43. The van der Waals surface area contributed by atoms with Crippen LogP contribution in [0.4, 0.5) is 0 Å². The highest BCUT2D eigenvalue weighted by atomic mass is 32.2. The Labute approximate surface area is 126 Å². The number of nitrogens with one attached hydrogen (secondary N) is 1. The van der Waals surface area contributed by atoms with Crippen molar-refractivity contribution in [2.24, 2.45) is 0 Å². The Hall–Kier alpha value is -1.98. The van der Waals surface area contributed by atoms with Crippen LogP contribution in [0.1, 0.15) is 12.5 Å². The van der Waals surface area contributed by atoms with E-state index in [0.717, 1.165) is 17.5 Å². The molecule has 0 radical (unpaired) electrons. The molecule has 0 amide bonds. The summed E-state index contributed by atoms with van der Waals surface area (Å²) in [4.78, 5) is 11.0. The number of hydrogen-bond acceptors (Lipinski definition) is 2. The Morgan fingerprint density at radius 3 is 2.05 bits per heavy atom. The Balaban J connectivity index is 2.10. The fourth-order valence-electron chi connectivity index (χ4n) is 1.91. The van der Waals surface area contributed by atoms with Gasteiger partial charge in [-0.25, -0.2) is 8.93 Å². The molecular weight excluding hydrogens is 286 g/mol. The maximum atomic E-state index is 11.8. The van der Waals surface area contributed by atoms with Crippen LogP contribution in [0.3, 0.4) is 0 Å². The van der Waals surface area contributed by atoms with Crippen molar-refractivity contribution >= 4 is 17.0 Å². The van der Waals surface area contributed by atoms with Gasteiger partial charge in [0.2, 0.25) is 0 Å². The van der Waals surface area contributed by atoms with Crippen LogP contribution < -0.4 is 4.72 Å². The van der Waals surface area contributed by atoms with E-state index in [9.17, 15) is 9.00 Å². The highest BCUT2D eigenvalue weighted by molar-refractivity contribution is 7.83. The lowest BCUT2D eigenvalue weighted by Crippen LogP contribution is -2.24. The number of carboxylic acid groups (broad SMARTS) is 1. The fourth-order valence-corrected chi connectivity index (χ4v) is 2.72. The summed E-state index contributed by atoms with van der Waals surface area (Å²) < 4.78 is 14.3. The quantitative estimate of drug-likeness (QED) is 0.862. The Morgan fingerprint density at radius 2 is 1.57 bits per heavy atom. The van der Waals surface area contributed by atoms with Crippen LogP contribution in [-0.2, 0) is 22.2 Å². The first-order chi connectivity index (χ1) is 10.1. The average Bonchev–Trinajstić information content (AvgIpc) is 2.53. The van der Waals surface area contributed by atoms with Crippen molar-refractivity contribution in [2.45, 2.75) is 18.2 Å². The van der Waals surface area contributed by atoms with Gasteiger partial charge in [0.1, 0.15) is 17.5 Å². The van der Waals surface area contributed by atoms with Gasteiger partial charge < -0.3 is 5.11 Å². The number of aryl methyl sites for hydroxylation is 1. The van der Waals surface area contributed by atoms with Crippen molar-refractivity contribution in [3.05, 3.63) is 54.1 Å². The molecule has 0 aliphatic carbocycles. The van der Waals surface area contributed by atoms with E-state index in [2.05, 4.69) is 35.9 Å². The molecule has 2 rings (SSSR count). The van der Waals surface area contributed by atoms with E-state index in [-0.39, 0.29) is 6.54 Å². The number of carboxylic acids is 1. The van der Waals surface area contributed by atoms with Gasteiger partial charge in [-0.2, -0.15) is 0 Å². The van der Waals surface area contributed by atoms with Crippen LogP contribution in [0, 0.1) is 0 Å². The molecule has 110 valence electrons. The average molecular weight is 303 g/mol. The number of benzene rings is 2. The highest BCUT2D eigenvalue weighted by Gasteiger charge is 2.06. The smallest absolute Gasteiger partial charge is 0.318 e. The predicted octanol–water partition coefficient (Wildman–Crippen LogP) is 2.61. The van der Waals surface area contributed by atoms with Gasteiger partial charge in [0.05, 0.1) is 4.90 Å². The van der Waals surface area contributed by atoms with Gasteiger partial charge >= 0.3 is 5.97 Å². The largest absolute Gasteiger partial charge is 0.480 e. The van der Waals surface area contributed by atoms with Crippen molar-refractivity contribution < 1.29 is 14.1 Å². The molecule has 0 aliphatic heterocycles. The summed E-state index contributed by atoms with van der Waals surface area (Å²) in [6.45, 7) is 1.79. The van der Waals surface area contributed by atoms with E-state index in [4.69, 9.17) is 5.11 Å². The predicted molar refractivity (Wildman–Crippen MR) is 83.3 cm³/mol.